The zero-order chi connectivity index (χ0) is 15.7. The quantitative estimate of drug-likeness (QED) is 0.767. The van der Waals surface area contributed by atoms with E-state index in [1.807, 2.05) is 18.2 Å². The van der Waals surface area contributed by atoms with E-state index in [9.17, 15) is 4.79 Å². The number of carbonyl (C=O) groups is 1. The summed E-state index contributed by atoms with van der Waals surface area (Å²) in [5.41, 5.74) is 4.24. The molecule has 1 aromatic carbocycles. The second-order valence-electron chi connectivity index (χ2n) is 5.55. The Morgan fingerprint density at radius 3 is 2.77 bits per heavy atom. The molecule has 22 heavy (non-hydrogen) atoms. The van der Waals surface area contributed by atoms with E-state index in [1.54, 1.807) is 11.3 Å². The van der Waals surface area contributed by atoms with Gasteiger partial charge in [0.05, 0.1) is 10.2 Å². The van der Waals surface area contributed by atoms with Gasteiger partial charge in [-0.2, -0.15) is 0 Å². The fourth-order valence-electron chi connectivity index (χ4n) is 2.79. The van der Waals surface area contributed by atoms with Crippen LogP contribution in [0.2, 0.25) is 0 Å². The van der Waals surface area contributed by atoms with Crippen molar-refractivity contribution in [3.8, 4) is 0 Å². The van der Waals surface area contributed by atoms with Gasteiger partial charge in [0.15, 0.2) is 0 Å². The lowest BCUT2D eigenvalue weighted by atomic mass is 10.1. The lowest BCUT2D eigenvalue weighted by molar-refractivity contribution is 0.0942. The molecular weight excluding hydrogens is 292 g/mol. The summed E-state index contributed by atoms with van der Waals surface area (Å²) in [6, 6.07) is 12.4. The Bertz CT molecular complexity index is 829. The Hall–Kier alpha value is -2.07. The van der Waals surface area contributed by atoms with Crippen molar-refractivity contribution in [3.05, 3.63) is 58.1 Å². The number of hydrogen-bond donors (Lipinski definition) is 1. The maximum absolute atomic E-state index is 12.5. The first-order valence-corrected chi connectivity index (χ1v) is 8.33. The lowest BCUT2D eigenvalue weighted by Crippen LogP contribution is -2.25. The molecule has 0 aliphatic heterocycles. The van der Waals surface area contributed by atoms with Crippen LogP contribution in [0.3, 0.4) is 0 Å². The monoisotopic (exact) mass is 312 g/mol. The number of nitrogens with one attached hydrogen (secondary N) is 1. The number of aromatic nitrogens is 1. The largest absolute Gasteiger partial charge is 0.347 e. The molecule has 3 nitrogen and oxygen atoms in total. The molecule has 0 fully saturated rings. The summed E-state index contributed by atoms with van der Waals surface area (Å²) in [7, 11) is 0. The van der Waals surface area contributed by atoms with Gasteiger partial charge in [-0.05, 0) is 38.5 Å². The number of nitrogens with zero attached hydrogens (tertiary/aromatic N) is 1. The van der Waals surface area contributed by atoms with E-state index in [-0.39, 0.29) is 5.91 Å². The van der Waals surface area contributed by atoms with Gasteiger partial charge in [-0.3, -0.25) is 4.79 Å². The minimum absolute atomic E-state index is 0.00981. The van der Waals surface area contributed by atoms with Crippen molar-refractivity contribution < 1.29 is 4.79 Å². The van der Waals surface area contributed by atoms with E-state index in [0.717, 1.165) is 23.3 Å². The number of rotatable bonds is 4. The van der Waals surface area contributed by atoms with Gasteiger partial charge < -0.3 is 9.88 Å². The van der Waals surface area contributed by atoms with E-state index in [4.69, 9.17) is 0 Å². The van der Waals surface area contributed by atoms with Crippen molar-refractivity contribution >= 4 is 27.5 Å². The Morgan fingerprint density at radius 2 is 2.05 bits per heavy atom. The van der Waals surface area contributed by atoms with Gasteiger partial charge in [0, 0.05) is 18.0 Å². The number of aryl methyl sites for hydroxylation is 3. The molecule has 0 unspecified atom stereocenters. The van der Waals surface area contributed by atoms with E-state index in [0.29, 0.717) is 6.54 Å². The smallest absolute Gasteiger partial charge is 0.268 e. The number of hydrogen-bond acceptors (Lipinski definition) is 2. The minimum atomic E-state index is -0.00981. The molecule has 1 N–H and O–H groups in total. The predicted molar refractivity (Wildman–Crippen MR) is 92.6 cm³/mol. The van der Waals surface area contributed by atoms with Crippen molar-refractivity contribution in [1.82, 2.24) is 9.88 Å². The van der Waals surface area contributed by atoms with Crippen LogP contribution in [0, 0.1) is 13.8 Å². The van der Waals surface area contributed by atoms with Gasteiger partial charge in [-0.25, -0.2) is 0 Å². The first kappa shape index (κ1) is 14.9. The van der Waals surface area contributed by atoms with Crippen LogP contribution in [0.15, 0.2) is 36.4 Å². The first-order chi connectivity index (χ1) is 10.6. The summed E-state index contributed by atoms with van der Waals surface area (Å²) in [6.45, 7) is 7.59. The van der Waals surface area contributed by atoms with Gasteiger partial charge in [-0.1, -0.05) is 29.8 Å². The third kappa shape index (κ3) is 2.79. The molecule has 0 aliphatic rings. The van der Waals surface area contributed by atoms with Crippen LogP contribution < -0.4 is 5.32 Å². The Balaban J connectivity index is 1.81. The summed E-state index contributed by atoms with van der Waals surface area (Å²) in [6.07, 6.45) is 0. The lowest BCUT2D eigenvalue weighted by Gasteiger charge is -2.09. The highest BCUT2D eigenvalue weighted by Gasteiger charge is 2.16. The summed E-state index contributed by atoms with van der Waals surface area (Å²) in [5, 5.41) is 3.03. The second-order valence-corrected chi connectivity index (χ2v) is 6.84. The highest BCUT2D eigenvalue weighted by Crippen LogP contribution is 2.28. The molecule has 0 atom stereocenters. The van der Waals surface area contributed by atoms with E-state index >= 15 is 0 Å². The van der Waals surface area contributed by atoms with Gasteiger partial charge >= 0.3 is 0 Å². The molecule has 0 saturated carbocycles. The number of amides is 1. The number of fused-ring (bicyclic) bond motifs is 1. The summed E-state index contributed by atoms with van der Waals surface area (Å²) < 4.78 is 3.27. The van der Waals surface area contributed by atoms with Crippen molar-refractivity contribution in [3.63, 3.8) is 0 Å². The van der Waals surface area contributed by atoms with Crippen LogP contribution >= 0.6 is 11.3 Å². The molecule has 2 heterocycles. The van der Waals surface area contributed by atoms with Gasteiger partial charge in [-0.15, -0.1) is 11.3 Å². The van der Waals surface area contributed by atoms with Crippen LogP contribution in [-0.4, -0.2) is 10.5 Å². The van der Waals surface area contributed by atoms with Crippen molar-refractivity contribution in [1.29, 1.82) is 0 Å². The van der Waals surface area contributed by atoms with Crippen LogP contribution in [0.4, 0.5) is 0 Å². The average Bonchev–Trinajstić information content (AvgIpc) is 3.00. The van der Waals surface area contributed by atoms with E-state index < -0.39 is 0 Å². The molecule has 0 spiro atoms. The molecule has 0 aliphatic carbocycles. The van der Waals surface area contributed by atoms with Crippen molar-refractivity contribution in [2.24, 2.45) is 0 Å². The van der Waals surface area contributed by atoms with Crippen LogP contribution in [-0.2, 0) is 13.1 Å². The third-order valence-corrected chi connectivity index (χ3v) is 4.78. The molecule has 0 saturated heterocycles. The zero-order valence-electron chi connectivity index (χ0n) is 13.1. The Morgan fingerprint density at radius 1 is 1.23 bits per heavy atom. The average molecular weight is 312 g/mol. The van der Waals surface area contributed by atoms with Gasteiger partial charge in [0.25, 0.3) is 5.91 Å². The maximum atomic E-state index is 12.5. The molecule has 1 amide bonds. The summed E-state index contributed by atoms with van der Waals surface area (Å²) in [4.78, 5) is 13.8. The summed E-state index contributed by atoms with van der Waals surface area (Å²) >= 11 is 1.74. The van der Waals surface area contributed by atoms with Crippen LogP contribution in [0.5, 0.6) is 0 Å². The molecule has 0 bridgehead atoms. The van der Waals surface area contributed by atoms with Crippen LogP contribution in [0.25, 0.3) is 10.2 Å². The van der Waals surface area contributed by atoms with Crippen LogP contribution in [0.1, 0.15) is 33.4 Å². The van der Waals surface area contributed by atoms with Crippen molar-refractivity contribution in [2.75, 3.05) is 0 Å². The number of benzene rings is 1. The molecule has 3 aromatic rings. The molecule has 4 heteroatoms. The molecule has 3 rings (SSSR count). The van der Waals surface area contributed by atoms with Gasteiger partial charge in [0.1, 0.15) is 5.69 Å². The molecular formula is C18H20N2OS. The highest BCUT2D eigenvalue weighted by atomic mass is 32.1. The third-order valence-electron chi connectivity index (χ3n) is 3.80. The fourth-order valence-corrected chi connectivity index (χ4v) is 3.75. The molecule has 2 aromatic heterocycles. The fraction of sp³-hybridized carbons (Fsp3) is 0.278. The van der Waals surface area contributed by atoms with Crippen molar-refractivity contribution in [2.45, 2.75) is 33.9 Å². The standard InChI is InChI=1S/C18H20N2OS/c1-4-20-15-9-13(3)22-17(15)10-16(20)18(21)19-11-14-7-5-6-12(2)8-14/h5-10H,4,11H2,1-3H3,(H,19,21). The predicted octanol–water partition coefficient (Wildman–Crippen LogP) is 4.27. The molecule has 0 radical (unpaired) electrons. The maximum Gasteiger partial charge on any atom is 0.268 e. The first-order valence-electron chi connectivity index (χ1n) is 7.52. The van der Waals surface area contributed by atoms with Gasteiger partial charge in [0.2, 0.25) is 0 Å². The normalized spacial score (nSPS) is 11.0. The Kier molecular flexibility index (Phi) is 4.03. The molecule has 114 valence electrons. The van der Waals surface area contributed by atoms with E-state index in [2.05, 4.69) is 48.9 Å². The Labute approximate surface area is 134 Å². The SMILES string of the molecule is CCn1c(C(=O)NCc2cccc(C)c2)cc2sc(C)cc21. The zero-order valence-corrected chi connectivity index (χ0v) is 14.0. The number of thiophene rings is 1. The minimum Gasteiger partial charge on any atom is -0.347 e. The second kappa shape index (κ2) is 5.97. The topological polar surface area (TPSA) is 34.0 Å². The highest BCUT2D eigenvalue weighted by molar-refractivity contribution is 7.19. The summed E-state index contributed by atoms with van der Waals surface area (Å²) in [5.74, 6) is -0.00981. The van der Waals surface area contributed by atoms with E-state index in [1.165, 1.54) is 15.1 Å². The number of carbonyl (C=O) groups excluding carboxylic acids is 1.